The molecule has 1 amide bonds. The summed E-state index contributed by atoms with van der Waals surface area (Å²) in [5.74, 6) is 0.749. The monoisotopic (exact) mass is 423 g/mol. The van der Waals surface area contributed by atoms with E-state index in [1.165, 1.54) is 0 Å². The molecule has 0 saturated carbocycles. The quantitative estimate of drug-likeness (QED) is 0.277. The Morgan fingerprint density at radius 1 is 1.32 bits per heavy atom. The van der Waals surface area contributed by atoms with Crippen molar-refractivity contribution in [1.29, 1.82) is 0 Å². The van der Waals surface area contributed by atoms with Crippen molar-refractivity contribution in [1.82, 2.24) is 5.32 Å². The van der Waals surface area contributed by atoms with Crippen LogP contribution in [0.4, 0.5) is 5.69 Å². The fourth-order valence-corrected chi connectivity index (χ4v) is 3.46. The molecule has 0 fully saturated rings. The topological polar surface area (TPSA) is 129 Å². The normalized spacial score (nSPS) is 19.7. The van der Waals surface area contributed by atoms with Crippen LogP contribution in [0.5, 0.6) is 5.75 Å². The van der Waals surface area contributed by atoms with Crippen molar-refractivity contribution in [3.05, 3.63) is 70.1 Å². The maximum atomic E-state index is 13.0. The number of carbonyl (C=O) groups excluding carboxylic acids is 1. The standard InChI is InChI=1S/C22H25N5O4/c1-15-22(21(29)24-2,14-17-6-3-4-7-19(17)26-27-23)25-20(31-15)16-8-10-18(11-9-16)30-13-5-12-28/h3-4,6-11,15,28H,5,12-14H2,1-2H3,(H,24,29)/t15-,22-/m1/s1. The minimum Gasteiger partial charge on any atom is -0.494 e. The van der Waals surface area contributed by atoms with Gasteiger partial charge in [-0.2, -0.15) is 0 Å². The minimum atomic E-state index is -1.21. The summed E-state index contributed by atoms with van der Waals surface area (Å²) in [5.41, 5.74) is 9.53. The molecule has 1 aliphatic heterocycles. The lowest BCUT2D eigenvalue weighted by Gasteiger charge is -2.28. The van der Waals surface area contributed by atoms with Crippen LogP contribution in [0, 0.1) is 0 Å². The number of likely N-dealkylation sites (N-methyl/N-ethyl adjacent to an activating group) is 1. The zero-order valence-electron chi connectivity index (χ0n) is 17.5. The minimum absolute atomic E-state index is 0.0744. The van der Waals surface area contributed by atoms with Gasteiger partial charge < -0.3 is 19.9 Å². The van der Waals surface area contributed by atoms with Crippen LogP contribution in [0.15, 0.2) is 58.6 Å². The van der Waals surface area contributed by atoms with Crippen LogP contribution in [0.2, 0.25) is 0 Å². The Bertz CT molecular complexity index is 1000. The number of aliphatic hydroxyl groups is 1. The van der Waals surface area contributed by atoms with Gasteiger partial charge in [0.25, 0.3) is 5.91 Å². The van der Waals surface area contributed by atoms with Gasteiger partial charge in [-0.1, -0.05) is 29.4 Å². The number of aliphatic imine (C=N–C) groups is 1. The highest BCUT2D eigenvalue weighted by molar-refractivity contribution is 6.00. The molecule has 2 atom stereocenters. The highest BCUT2D eigenvalue weighted by atomic mass is 16.5. The first-order valence-corrected chi connectivity index (χ1v) is 10.00. The van der Waals surface area contributed by atoms with Crippen molar-refractivity contribution < 1.29 is 19.4 Å². The summed E-state index contributed by atoms with van der Waals surface area (Å²) in [6.45, 7) is 2.30. The van der Waals surface area contributed by atoms with Gasteiger partial charge in [0.15, 0.2) is 5.54 Å². The number of aliphatic hydroxyl groups excluding tert-OH is 1. The molecule has 2 N–H and O–H groups in total. The maximum Gasteiger partial charge on any atom is 0.252 e. The molecule has 162 valence electrons. The van der Waals surface area contributed by atoms with E-state index in [0.717, 1.165) is 5.56 Å². The number of amides is 1. The smallest absolute Gasteiger partial charge is 0.252 e. The van der Waals surface area contributed by atoms with E-state index >= 15 is 0 Å². The molecular formula is C22H25N5O4. The number of carbonyl (C=O) groups is 1. The van der Waals surface area contributed by atoms with Gasteiger partial charge in [-0.05, 0) is 42.3 Å². The Morgan fingerprint density at radius 3 is 2.74 bits per heavy atom. The fraction of sp³-hybridized carbons (Fsp3) is 0.364. The van der Waals surface area contributed by atoms with Crippen LogP contribution >= 0.6 is 0 Å². The average molecular weight is 423 g/mol. The van der Waals surface area contributed by atoms with Gasteiger partial charge in [0.05, 0.1) is 6.61 Å². The summed E-state index contributed by atoms with van der Waals surface area (Å²) in [6, 6.07) is 14.3. The molecule has 0 aromatic heterocycles. The molecule has 0 spiro atoms. The van der Waals surface area contributed by atoms with Crippen molar-refractivity contribution in [3.8, 4) is 5.75 Å². The van der Waals surface area contributed by atoms with E-state index in [-0.39, 0.29) is 18.9 Å². The largest absolute Gasteiger partial charge is 0.494 e. The number of rotatable bonds is 9. The number of azide groups is 1. The zero-order valence-corrected chi connectivity index (χ0v) is 17.5. The number of hydrogen-bond donors (Lipinski definition) is 2. The average Bonchev–Trinajstić information content (AvgIpc) is 3.12. The summed E-state index contributed by atoms with van der Waals surface area (Å²) in [4.78, 5) is 20.5. The first-order valence-electron chi connectivity index (χ1n) is 10.00. The van der Waals surface area contributed by atoms with Crippen LogP contribution in [-0.2, 0) is 16.0 Å². The third kappa shape index (κ3) is 4.79. The van der Waals surface area contributed by atoms with E-state index in [9.17, 15) is 4.79 Å². The van der Waals surface area contributed by atoms with E-state index in [1.54, 1.807) is 38.2 Å². The predicted molar refractivity (Wildman–Crippen MR) is 116 cm³/mol. The number of nitrogens with zero attached hydrogens (tertiary/aromatic N) is 4. The van der Waals surface area contributed by atoms with Crippen LogP contribution in [-0.4, -0.2) is 48.8 Å². The van der Waals surface area contributed by atoms with Crippen LogP contribution in [0.3, 0.4) is 0 Å². The van der Waals surface area contributed by atoms with Gasteiger partial charge in [0, 0.05) is 42.7 Å². The lowest BCUT2D eigenvalue weighted by molar-refractivity contribution is -0.127. The van der Waals surface area contributed by atoms with E-state index in [4.69, 9.17) is 25.1 Å². The molecule has 0 bridgehead atoms. The van der Waals surface area contributed by atoms with Crippen LogP contribution < -0.4 is 10.1 Å². The molecule has 0 unspecified atom stereocenters. The highest BCUT2D eigenvalue weighted by Crippen LogP contribution is 2.35. The SMILES string of the molecule is CNC(=O)[C@]1(Cc2ccccc2N=[N+]=[N-])N=C(c2ccc(OCCCO)cc2)O[C@@H]1C. The van der Waals surface area contributed by atoms with E-state index in [2.05, 4.69) is 15.3 Å². The molecule has 9 nitrogen and oxygen atoms in total. The second-order valence-electron chi connectivity index (χ2n) is 7.13. The van der Waals surface area contributed by atoms with Gasteiger partial charge in [-0.15, -0.1) is 0 Å². The Kier molecular flexibility index (Phi) is 7.12. The number of ether oxygens (including phenoxy) is 2. The summed E-state index contributed by atoms with van der Waals surface area (Å²) in [5, 5.41) is 15.3. The molecule has 3 rings (SSSR count). The molecule has 0 saturated heterocycles. The number of benzene rings is 2. The molecule has 31 heavy (non-hydrogen) atoms. The Labute approximate surface area is 180 Å². The third-order valence-corrected chi connectivity index (χ3v) is 5.16. The lowest BCUT2D eigenvalue weighted by Crippen LogP contribution is -2.51. The van der Waals surface area contributed by atoms with Gasteiger partial charge in [0.2, 0.25) is 5.90 Å². The fourth-order valence-electron chi connectivity index (χ4n) is 3.46. The van der Waals surface area contributed by atoms with Gasteiger partial charge in [-0.25, -0.2) is 4.99 Å². The summed E-state index contributed by atoms with van der Waals surface area (Å²) in [6.07, 6.45) is 0.234. The van der Waals surface area contributed by atoms with Crippen LogP contribution in [0.1, 0.15) is 24.5 Å². The number of nitrogens with one attached hydrogen (secondary N) is 1. The number of hydrogen-bond acceptors (Lipinski definition) is 6. The Hall–Kier alpha value is -3.55. The van der Waals surface area contributed by atoms with E-state index < -0.39 is 11.6 Å². The second kappa shape index (κ2) is 9.97. The first-order chi connectivity index (χ1) is 15.0. The van der Waals surface area contributed by atoms with Crippen molar-refractivity contribution >= 4 is 17.5 Å². The third-order valence-electron chi connectivity index (χ3n) is 5.16. The second-order valence-corrected chi connectivity index (χ2v) is 7.13. The van der Waals surface area contributed by atoms with Crippen molar-refractivity contribution in [3.63, 3.8) is 0 Å². The molecule has 2 aromatic rings. The van der Waals surface area contributed by atoms with Crippen molar-refractivity contribution in [2.75, 3.05) is 20.3 Å². The van der Waals surface area contributed by atoms with E-state index in [1.807, 2.05) is 24.3 Å². The molecule has 0 aliphatic carbocycles. The maximum absolute atomic E-state index is 13.0. The summed E-state index contributed by atoms with van der Waals surface area (Å²) in [7, 11) is 1.56. The predicted octanol–water partition coefficient (Wildman–Crippen LogP) is 3.28. The van der Waals surface area contributed by atoms with Gasteiger partial charge in [-0.3, -0.25) is 4.79 Å². The zero-order chi connectivity index (χ0) is 22.3. The summed E-state index contributed by atoms with van der Waals surface area (Å²) >= 11 is 0. The molecule has 9 heteroatoms. The first kappa shape index (κ1) is 22.1. The highest BCUT2D eigenvalue weighted by Gasteiger charge is 2.50. The van der Waals surface area contributed by atoms with Gasteiger partial charge >= 0.3 is 0 Å². The Balaban J connectivity index is 1.92. The molecule has 2 aromatic carbocycles. The lowest BCUT2D eigenvalue weighted by atomic mass is 9.85. The molecule has 1 heterocycles. The molecule has 0 radical (unpaired) electrons. The Morgan fingerprint density at radius 2 is 2.06 bits per heavy atom. The van der Waals surface area contributed by atoms with Crippen LogP contribution in [0.25, 0.3) is 10.4 Å². The van der Waals surface area contributed by atoms with Crippen molar-refractivity contribution in [2.45, 2.75) is 31.4 Å². The molecular weight excluding hydrogens is 398 g/mol. The molecule has 1 aliphatic rings. The summed E-state index contributed by atoms with van der Waals surface area (Å²) < 4.78 is 11.6. The van der Waals surface area contributed by atoms with Gasteiger partial charge in [0.1, 0.15) is 11.9 Å². The van der Waals surface area contributed by atoms with E-state index in [0.29, 0.717) is 35.9 Å². The van der Waals surface area contributed by atoms with Crippen molar-refractivity contribution in [2.24, 2.45) is 10.1 Å².